The van der Waals surface area contributed by atoms with Gasteiger partial charge in [-0.15, -0.1) is 0 Å². The van der Waals surface area contributed by atoms with Crippen LogP contribution >= 0.6 is 0 Å². The Morgan fingerprint density at radius 2 is 2.15 bits per heavy atom. The zero-order chi connectivity index (χ0) is 17.8. The Morgan fingerprint density at radius 1 is 1.27 bits per heavy atom. The molecule has 1 amide bonds. The topological polar surface area (TPSA) is 81.6 Å². The van der Waals surface area contributed by atoms with Gasteiger partial charge in [-0.05, 0) is 18.9 Å². The predicted octanol–water partition coefficient (Wildman–Crippen LogP) is 3.15. The van der Waals surface area contributed by atoms with Gasteiger partial charge in [0.25, 0.3) is 11.8 Å². The predicted molar refractivity (Wildman–Crippen MR) is 92.2 cm³/mol. The van der Waals surface area contributed by atoms with Gasteiger partial charge in [0.05, 0.1) is 17.9 Å². The summed E-state index contributed by atoms with van der Waals surface area (Å²) in [6.45, 7) is 1.50. The Kier molecular flexibility index (Phi) is 4.79. The first kappa shape index (κ1) is 16.5. The lowest BCUT2D eigenvalue weighted by Gasteiger charge is -2.32. The van der Waals surface area contributed by atoms with Gasteiger partial charge in [-0.1, -0.05) is 35.5 Å². The lowest BCUT2D eigenvalue weighted by Crippen LogP contribution is -2.43. The van der Waals surface area contributed by atoms with E-state index in [0.29, 0.717) is 23.8 Å². The highest BCUT2D eigenvalue weighted by atomic mass is 16.5. The SMILES string of the molecule is O=C(c1ccoc1)N1CCC[C@@H](OCc2nc(-c3ccccc3)no2)C1. The van der Waals surface area contributed by atoms with Crippen LogP contribution < -0.4 is 0 Å². The number of hydrogen-bond donors (Lipinski definition) is 0. The Labute approximate surface area is 150 Å². The molecule has 1 aliphatic heterocycles. The fourth-order valence-corrected chi connectivity index (χ4v) is 3.03. The summed E-state index contributed by atoms with van der Waals surface area (Å²) in [4.78, 5) is 18.6. The van der Waals surface area contributed by atoms with Crippen molar-refractivity contribution in [3.63, 3.8) is 0 Å². The molecular weight excluding hydrogens is 334 g/mol. The highest BCUT2D eigenvalue weighted by molar-refractivity contribution is 5.93. The third-order valence-electron chi connectivity index (χ3n) is 4.38. The number of piperidine rings is 1. The van der Waals surface area contributed by atoms with Gasteiger partial charge in [-0.25, -0.2) is 0 Å². The summed E-state index contributed by atoms with van der Waals surface area (Å²) in [7, 11) is 0. The summed E-state index contributed by atoms with van der Waals surface area (Å²) >= 11 is 0. The number of rotatable bonds is 5. The zero-order valence-corrected chi connectivity index (χ0v) is 14.2. The molecule has 1 saturated heterocycles. The van der Waals surface area contributed by atoms with Crippen LogP contribution in [-0.2, 0) is 11.3 Å². The average molecular weight is 353 g/mol. The molecule has 1 aliphatic rings. The number of ether oxygens (including phenoxy) is 1. The smallest absolute Gasteiger partial charge is 0.257 e. The summed E-state index contributed by atoms with van der Waals surface area (Å²) in [5.74, 6) is 0.947. The number of benzene rings is 1. The van der Waals surface area contributed by atoms with E-state index >= 15 is 0 Å². The van der Waals surface area contributed by atoms with E-state index < -0.39 is 0 Å². The maximum absolute atomic E-state index is 12.4. The third kappa shape index (κ3) is 3.67. The molecule has 2 aromatic heterocycles. The van der Waals surface area contributed by atoms with Crippen LogP contribution in [0.25, 0.3) is 11.4 Å². The van der Waals surface area contributed by atoms with Crippen molar-refractivity contribution in [2.75, 3.05) is 13.1 Å². The van der Waals surface area contributed by atoms with Crippen molar-refractivity contribution in [1.29, 1.82) is 0 Å². The average Bonchev–Trinajstić information content (AvgIpc) is 3.39. The lowest BCUT2D eigenvalue weighted by molar-refractivity contribution is -0.0153. The fraction of sp³-hybridized carbons (Fsp3) is 0.316. The number of hydrogen-bond acceptors (Lipinski definition) is 6. The molecule has 26 heavy (non-hydrogen) atoms. The maximum Gasteiger partial charge on any atom is 0.257 e. The van der Waals surface area contributed by atoms with Gasteiger partial charge in [-0.2, -0.15) is 4.98 Å². The van der Waals surface area contributed by atoms with Gasteiger partial charge in [0.2, 0.25) is 5.82 Å². The molecule has 0 aliphatic carbocycles. The first-order valence-corrected chi connectivity index (χ1v) is 8.60. The van der Waals surface area contributed by atoms with Gasteiger partial charge >= 0.3 is 0 Å². The van der Waals surface area contributed by atoms with E-state index in [1.54, 1.807) is 11.0 Å². The summed E-state index contributed by atoms with van der Waals surface area (Å²) in [6, 6.07) is 11.3. The van der Waals surface area contributed by atoms with Crippen molar-refractivity contribution >= 4 is 5.91 Å². The largest absolute Gasteiger partial charge is 0.472 e. The van der Waals surface area contributed by atoms with Crippen LogP contribution in [0.1, 0.15) is 29.1 Å². The van der Waals surface area contributed by atoms with Crippen molar-refractivity contribution in [1.82, 2.24) is 15.0 Å². The number of amides is 1. The van der Waals surface area contributed by atoms with Crippen molar-refractivity contribution in [2.24, 2.45) is 0 Å². The Morgan fingerprint density at radius 3 is 2.96 bits per heavy atom. The van der Waals surface area contributed by atoms with Crippen LogP contribution in [0.15, 0.2) is 57.9 Å². The lowest BCUT2D eigenvalue weighted by atomic mass is 10.1. The summed E-state index contributed by atoms with van der Waals surface area (Å²) in [5.41, 5.74) is 1.46. The van der Waals surface area contributed by atoms with Gasteiger partial charge in [0, 0.05) is 18.7 Å². The molecule has 3 heterocycles. The van der Waals surface area contributed by atoms with E-state index in [1.165, 1.54) is 12.5 Å². The monoisotopic (exact) mass is 353 g/mol. The van der Waals surface area contributed by atoms with Crippen LogP contribution in [0, 0.1) is 0 Å². The van der Waals surface area contributed by atoms with Crippen LogP contribution in [0.3, 0.4) is 0 Å². The highest BCUT2D eigenvalue weighted by Gasteiger charge is 2.26. The molecule has 0 unspecified atom stereocenters. The second-order valence-corrected chi connectivity index (χ2v) is 6.22. The number of likely N-dealkylation sites (tertiary alicyclic amines) is 1. The summed E-state index contributed by atoms with van der Waals surface area (Å²) in [5, 5.41) is 3.99. The Bertz CT molecular complexity index is 845. The molecule has 1 atom stereocenters. The Balaban J connectivity index is 1.33. The van der Waals surface area contributed by atoms with E-state index in [-0.39, 0.29) is 18.6 Å². The molecule has 0 saturated carbocycles. The van der Waals surface area contributed by atoms with Gasteiger partial charge in [0.1, 0.15) is 12.9 Å². The van der Waals surface area contributed by atoms with Crippen LogP contribution in [0.4, 0.5) is 0 Å². The molecule has 134 valence electrons. The molecule has 1 fully saturated rings. The quantitative estimate of drug-likeness (QED) is 0.701. The summed E-state index contributed by atoms with van der Waals surface area (Å²) < 4.78 is 16.2. The fourth-order valence-electron chi connectivity index (χ4n) is 3.03. The van der Waals surface area contributed by atoms with Crippen molar-refractivity contribution in [3.8, 4) is 11.4 Å². The second kappa shape index (κ2) is 7.53. The van der Waals surface area contributed by atoms with Crippen molar-refractivity contribution in [2.45, 2.75) is 25.6 Å². The standard InChI is InChI=1S/C19H19N3O4/c23-19(15-8-10-24-12-15)22-9-4-7-16(11-22)25-13-17-20-18(21-26-17)14-5-2-1-3-6-14/h1-3,5-6,8,10,12,16H,4,7,9,11,13H2/t16-/m1/s1. The Hall–Kier alpha value is -2.93. The minimum atomic E-state index is -0.0494. The second-order valence-electron chi connectivity index (χ2n) is 6.22. The van der Waals surface area contributed by atoms with Crippen LogP contribution in [0.5, 0.6) is 0 Å². The van der Waals surface area contributed by atoms with E-state index in [0.717, 1.165) is 24.9 Å². The first-order valence-electron chi connectivity index (χ1n) is 8.60. The van der Waals surface area contributed by atoms with E-state index in [1.807, 2.05) is 30.3 Å². The minimum absolute atomic E-state index is 0.0313. The molecule has 0 N–H and O–H groups in total. The molecular formula is C19H19N3O4. The van der Waals surface area contributed by atoms with Crippen LogP contribution in [-0.4, -0.2) is 40.1 Å². The molecule has 4 rings (SSSR count). The number of aromatic nitrogens is 2. The molecule has 0 spiro atoms. The van der Waals surface area contributed by atoms with E-state index in [2.05, 4.69) is 10.1 Å². The third-order valence-corrected chi connectivity index (χ3v) is 4.38. The van der Waals surface area contributed by atoms with Crippen molar-refractivity contribution < 1.29 is 18.5 Å². The van der Waals surface area contributed by atoms with Gasteiger partial charge < -0.3 is 18.6 Å². The highest BCUT2D eigenvalue weighted by Crippen LogP contribution is 2.19. The normalized spacial score (nSPS) is 17.4. The minimum Gasteiger partial charge on any atom is -0.472 e. The zero-order valence-electron chi connectivity index (χ0n) is 14.2. The number of nitrogens with zero attached hydrogens (tertiary/aromatic N) is 3. The van der Waals surface area contributed by atoms with E-state index in [9.17, 15) is 4.79 Å². The maximum atomic E-state index is 12.4. The first-order chi connectivity index (χ1) is 12.8. The summed E-state index contributed by atoms with van der Waals surface area (Å²) in [6.07, 6.45) is 4.72. The molecule has 7 nitrogen and oxygen atoms in total. The van der Waals surface area contributed by atoms with E-state index in [4.69, 9.17) is 13.7 Å². The molecule has 3 aromatic rings. The number of carbonyl (C=O) groups is 1. The molecule has 0 radical (unpaired) electrons. The number of furan rings is 1. The molecule has 7 heteroatoms. The van der Waals surface area contributed by atoms with Gasteiger partial charge in [0.15, 0.2) is 0 Å². The molecule has 1 aromatic carbocycles. The van der Waals surface area contributed by atoms with Crippen molar-refractivity contribution in [3.05, 3.63) is 60.4 Å². The van der Waals surface area contributed by atoms with Crippen LogP contribution in [0.2, 0.25) is 0 Å². The van der Waals surface area contributed by atoms with Gasteiger partial charge in [-0.3, -0.25) is 4.79 Å². The number of carbonyl (C=O) groups excluding carboxylic acids is 1. The molecule has 0 bridgehead atoms.